The van der Waals surface area contributed by atoms with Gasteiger partial charge >= 0.3 is 5.97 Å². The molecule has 1 saturated carbocycles. The first-order valence-corrected chi connectivity index (χ1v) is 12.8. The summed E-state index contributed by atoms with van der Waals surface area (Å²) in [5.74, 6) is -0.556. The highest BCUT2D eigenvalue weighted by atomic mass is 16.5. The normalized spacial score (nSPS) is 25.0. The van der Waals surface area contributed by atoms with Crippen LogP contribution in [0.5, 0.6) is 5.75 Å². The zero-order valence-electron chi connectivity index (χ0n) is 20.5. The molecule has 0 amide bonds. The number of Topliss-reactive ketones (excluding diaryl/α,β-unsaturated/α-hetero) is 1. The van der Waals surface area contributed by atoms with Crippen molar-refractivity contribution in [2.75, 3.05) is 7.11 Å². The first-order valence-electron chi connectivity index (χ1n) is 12.8. The van der Waals surface area contributed by atoms with Gasteiger partial charge in [-0.05, 0) is 56.6 Å². The number of methoxy groups -OCH3 is 1. The van der Waals surface area contributed by atoms with Gasteiger partial charge < -0.3 is 9.47 Å². The van der Waals surface area contributed by atoms with Crippen LogP contribution in [0, 0.1) is 5.92 Å². The lowest BCUT2D eigenvalue weighted by atomic mass is 9.69. The van der Waals surface area contributed by atoms with Gasteiger partial charge in [-0.2, -0.15) is 0 Å². The number of benzene rings is 2. The molecule has 0 bridgehead atoms. The predicted octanol–water partition coefficient (Wildman–Crippen LogP) is 6.15. The average Bonchev–Trinajstić information content (AvgIpc) is 2.88. The molecule has 182 valence electrons. The minimum absolute atomic E-state index is 0.0535. The van der Waals surface area contributed by atoms with Gasteiger partial charge in [0.05, 0.1) is 7.11 Å². The maximum Gasteiger partial charge on any atom is 0.315 e. The Morgan fingerprint density at radius 1 is 0.943 bits per heavy atom. The Balaban J connectivity index is 1.55. The molecule has 0 N–H and O–H groups in total. The van der Waals surface area contributed by atoms with Crippen molar-refractivity contribution in [3.8, 4) is 5.75 Å². The van der Waals surface area contributed by atoms with Crippen LogP contribution in [0.4, 0.5) is 0 Å². The highest BCUT2D eigenvalue weighted by Crippen LogP contribution is 2.48. The van der Waals surface area contributed by atoms with Crippen LogP contribution in [0.3, 0.4) is 0 Å². The molecule has 35 heavy (non-hydrogen) atoms. The van der Waals surface area contributed by atoms with Crippen molar-refractivity contribution in [3.05, 3.63) is 77.0 Å². The van der Waals surface area contributed by atoms with Crippen LogP contribution in [-0.4, -0.2) is 30.7 Å². The van der Waals surface area contributed by atoms with Crippen LogP contribution < -0.4 is 4.74 Å². The van der Waals surface area contributed by atoms with E-state index in [1.54, 1.807) is 7.11 Å². The summed E-state index contributed by atoms with van der Waals surface area (Å²) in [5.41, 5.74) is 4.15. The van der Waals surface area contributed by atoms with E-state index in [0.29, 0.717) is 29.9 Å². The van der Waals surface area contributed by atoms with Crippen molar-refractivity contribution in [1.29, 1.82) is 0 Å². The predicted molar refractivity (Wildman–Crippen MR) is 136 cm³/mol. The number of hydrogen-bond acceptors (Lipinski definition) is 5. The minimum atomic E-state index is -0.635. The summed E-state index contributed by atoms with van der Waals surface area (Å²) in [6, 6.07) is 17.8. The Morgan fingerprint density at radius 2 is 1.66 bits per heavy atom. The van der Waals surface area contributed by atoms with Crippen molar-refractivity contribution in [3.63, 3.8) is 0 Å². The van der Waals surface area contributed by atoms with E-state index in [1.807, 2.05) is 49.4 Å². The van der Waals surface area contributed by atoms with Gasteiger partial charge in [-0.25, -0.2) is 0 Å². The van der Waals surface area contributed by atoms with E-state index in [1.165, 1.54) is 6.42 Å². The Morgan fingerprint density at radius 3 is 2.40 bits per heavy atom. The van der Waals surface area contributed by atoms with Crippen molar-refractivity contribution in [2.45, 2.75) is 69.8 Å². The van der Waals surface area contributed by atoms with E-state index in [0.717, 1.165) is 42.5 Å². The van der Waals surface area contributed by atoms with Crippen LogP contribution >= 0.6 is 0 Å². The van der Waals surface area contributed by atoms with Crippen LogP contribution in [-0.2, 0) is 14.3 Å². The molecule has 3 aliphatic rings. The van der Waals surface area contributed by atoms with E-state index in [2.05, 4.69) is 12.1 Å². The van der Waals surface area contributed by atoms with Crippen molar-refractivity contribution < 1.29 is 19.1 Å². The molecule has 2 aliphatic carbocycles. The SMILES string of the molecule is COc1ccccc1[C@H]1C2=C(C[C@H](c3ccccc3)CC2=O)N=C(C)C1C(=O)OC1CCCCC1. The molecule has 5 rings (SSSR count). The topological polar surface area (TPSA) is 65.0 Å². The lowest BCUT2D eigenvalue weighted by Gasteiger charge is -2.37. The van der Waals surface area contributed by atoms with Gasteiger partial charge in [-0.3, -0.25) is 14.6 Å². The molecule has 3 atom stereocenters. The summed E-state index contributed by atoms with van der Waals surface area (Å²) in [7, 11) is 1.63. The molecule has 2 aromatic rings. The minimum Gasteiger partial charge on any atom is -0.496 e. The number of ether oxygens (including phenoxy) is 2. The van der Waals surface area contributed by atoms with Gasteiger partial charge in [0.25, 0.3) is 0 Å². The van der Waals surface area contributed by atoms with Crippen LogP contribution in [0.2, 0.25) is 0 Å². The van der Waals surface area contributed by atoms with Gasteiger partial charge in [-0.15, -0.1) is 0 Å². The number of hydrogen-bond donors (Lipinski definition) is 0. The fourth-order valence-corrected chi connectivity index (χ4v) is 6.01. The second-order valence-corrected chi connectivity index (χ2v) is 9.95. The van der Waals surface area contributed by atoms with Crippen LogP contribution in [0.25, 0.3) is 0 Å². The molecule has 1 aliphatic heterocycles. The molecule has 0 radical (unpaired) electrons. The molecule has 1 unspecified atom stereocenters. The lowest BCUT2D eigenvalue weighted by Crippen LogP contribution is -2.39. The number of para-hydroxylation sites is 1. The molecular formula is C30H33NO4. The molecule has 0 spiro atoms. The largest absolute Gasteiger partial charge is 0.496 e. The highest BCUT2D eigenvalue weighted by Gasteiger charge is 2.46. The number of aliphatic imine (C=N–C) groups is 1. The van der Waals surface area contributed by atoms with Crippen molar-refractivity contribution in [1.82, 2.24) is 0 Å². The van der Waals surface area contributed by atoms with Gasteiger partial charge in [-0.1, -0.05) is 55.0 Å². The van der Waals surface area contributed by atoms with E-state index in [-0.39, 0.29) is 23.8 Å². The average molecular weight is 472 g/mol. The lowest BCUT2D eigenvalue weighted by molar-refractivity contribution is -0.153. The molecule has 0 saturated heterocycles. The van der Waals surface area contributed by atoms with Gasteiger partial charge in [0.1, 0.15) is 17.8 Å². The van der Waals surface area contributed by atoms with E-state index >= 15 is 0 Å². The fourth-order valence-electron chi connectivity index (χ4n) is 6.01. The number of rotatable bonds is 5. The van der Waals surface area contributed by atoms with E-state index in [4.69, 9.17) is 14.5 Å². The number of carbonyl (C=O) groups is 2. The first kappa shape index (κ1) is 23.5. The Hall–Kier alpha value is -3.21. The standard InChI is InChI=1S/C30H33NO4/c1-19-27(30(33)35-22-13-7-4-8-14-22)28(23-15-9-10-16-26(23)34-2)29-24(31-19)17-21(18-25(29)32)20-11-5-3-6-12-20/h3,5-6,9-12,15-16,21-22,27-28H,4,7-8,13-14,17-18H2,1-2H3/t21-,27?,28+/m0/s1. The molecule has 5 nitrogen and oxygen atoms in total. The van der Waals surface area contributed by atoms with Gasteiger partial charge in [0, 0.05) is 34.9 Å². The monoisotopic (exact) mass is 471 g/mol. The fraction of sp³-hybridized carbons (Fsp3) is 0.433. The Bertz CT molecular complexity index is 1160. The van der Waals surface area contributed by atoms with Crippen molar-refractivity contribution in [2.24, 2.45) is 10.9 Å². The third kappa shape index (κ3) is 4.69. The summed E-state index contributed by atoms with van der Waals surface area (Å²) >= 11 is 0. The van der Waals surface area contributed by atoms with Crippen molar-refractivity contribution >= 4 is 17.5 Å². The molecule has 1 fully saturated rings. The third-order valence-corrected chi connectivity index (χ3v) is 7.72. The highest BCUT2D eigenvalue weighted by molar-refractivity contribution is 6.09. The smallest absolute Gasteiger partial charge is 0.315 e. The number of ketones is 1. The quantitative estimate of drug-likeness (QED) is 0.491. The number of esters is 1. The summed E-state index contributed by atoms with van der Waals surface area (Å²) in [4.78, 5) is 32.3. The zero-order valence-corrected chi connectivity index (χ0v) is 20.5. The number of allylic oxidation sites excluding steroid dienone is 2. The number of carbonyl (C=O) groups excluding carboxylic acids is 2. The summed E-state index contributed by atoms with van der Waals surface area (Å²) in [6.07, 6.45) is 6.20. The second-order valence-electron chi connectivity index (χ2n) is 9.95. The molecule has 1 heterocycles. The molecule has 2 aromatic carbocycles. The maximum atomic E-state index is 13.7. The first-order chi connectivity index (χ1) is 17.1. The van der Waals surface area contributed by atoms with Crippen LogP contribution in [0.1, 0.15) is 74.8 Å². The zero-order chi connectivity index (χ0) is 24.4. The Labute approximate surface area is 207 Å². The van der Waals surface area contributed by atoms with E-state index in [9.17, 15) is 9.59 Å². The van der Waals surface area contributed by atoms with Gasteiger partial charge in [0.15, 0.2) is 5.78 Å². The summed E-state index contributed by atoms with van der Waals surface area (Å²) in [5, 5.41) is 0. The summed E-state index contributed by atoms with van der Waals surface area (Å²) < 4.78 is 11.7. The molecule has 0 aromatic heterocycles. The van der Waals surface area contributed by atoms with E-state index < -0.39 is 11.8 Å². The maximum absolute atomic E-state index is 13.7. The number of nitrogens with zero attached hydrogens (tertiary/aromatic N) is 1. The van der Waals surface area contributed by atoms with Gasteiger partial charge in [0.2, 0.25) is 0 Å². The molecule has 5 heteroatoms. The second kappa shape index (κ2) is 10.2. The Kier molecular flexibility index (Phi) is 6.85. The summed E-state index contributed by atoms with van der Waals surface area (Å²) in [6.45, 7) is 1.90. The molecular weight excluding hydrogens is 438 g/mol. The van der Waals surface area contributed by atoms with Crippen LogP contribution in [0.15, 0.2) is 70.9 Å². The third-order valence-electron chi connectivity index (χ3n) is 7.72.